The predicted molar refractivity (Wildman–Crippen MR) is 88.2 cm³/mol. The maximum atomic E-state index is 11.9. The number of benzene rings is 1. The van der Waals surface area contributed by atoms with Crippen LogP contribution < -0.4 is 10.2 Å². The van der Waals surface area contributed by atoms with Gasteiger partial charge in [-0.2, -0.15) is 0 Å². The molecule has 0 spiro atoms. The number of piperazine rings is 1. The first-order valence-electron chi connectivity index (χ1n) is 7.98. The number of carbonyl (C=O) groups is 2. The quantitative estimate of drug-likeness (QED) is 0.756. The molecule has 2 rings (SSSR count). The topological polar surface area (TPSA) is 61.9 Å². The van der Waals surface area contributed by atoms with Crippen LogP contribution in [0.15, 0.2) is 24.3 Å². The van der Waals surface area contributed by atoms with Crippen molar-refractivity contribution in [2.75, 3.05) is 40.3 Å². The first kappa shape index (κ1) is 17.4. The second kappa shape index (κ2) is 8.64. The molecule has 0 radical (unpaired) electrons. The fourth-order valence-electron chi connectivity index (χ4n) is 2.48. The highest BCUT2D eigenvalue weighted by Gasteiger charge is 2.19. The van der Waals surface area contributed by atoms with Crippen molar-refractivity contribution in [1.82, 2.24) is 15.3 Å². The molecule has 1 aliphatic rings. The lowest BCUT2D eigenvalue weighted by Crippen LogP contribution is -2.53. The van der Waals surface area contributed by atoms with Crippen LogP contribution in [0.4, 0.5) is 0 Å². The third-order valence-electron chi connectivity index (χ3n) is 4.04. The SMILES string of the molecule is COc1ccc(CCCC(=O)C(=O)NN2CCN(C)CC2)cc1. The van der Waals surface area contributed by atoms with Crippen molar-refractivity contribution in [2.24, 2.45) is 0 Å². The standard InChI is InChI=1S/C17H25N3O3/c1-19-10-12-20(13-11-19)18-17(22)16(21)5-3-4-14-6-8-15(23-2)9-7-14/h6-9H,3-5,10-13H2,1-2H3,(H,18,22). The molecule has 0 aliphatic carbocycles. The van der Waals surface area contributed by atoms with Crippen LogP contribution in [0.5, 0.6) is 5.75 Å². The number of ketones is 1. The van der Waals surface area contributed by atoms with Gasteiger partial charge in [0.1, 0.15) is 5.75 Å². The number of ether oxygens (including phenoxy) is 1. The molecular formula is C17H25N3O3. The van der Waals surface area contributed by atoms with E-state index in [4.69, 9.17) is 4.74 Å². The summed E-state index contributed by atoms with van der Waals surface area (Å²) in [6.45, 7) is 3.29. The molecule has 6 nitrogen and oxygen atoms in total. The Morgan fingerprint density at radius 1 is 1.13 bits per heavy atom. The lowest BCUT2D eigenvalue weighted by atomic mass is 10.1. The molecule has 1 aromatic rings. The monoisotopic (exact) mass is 319 g/mol. The Bertz CT molecular complexity index is 522. The van der Waals surface area contributed by atoms with Gasteiger partial charge in [0, 0.05) is 32.6 Å². The molecule has 0 aromatic heterocycles. The lowest BCUT2D eigenvalue weighted by molar-refractivity contribution is -0.141. The molecule has 1 aliphatic heterocycles. The van der Waals surface area contributed by atoms with Gasteiger partial charge in [0.15, 0.2) is 0 Å². The Kier molecular flexibility index (Phi) is 6.55. The first-order chi connectivity index (χ1) is 11.1. The van der Waals surface area contributed by atoms with Gasteiger partial charge in [0.25, 0.3) is 0 Å². The molecule has 6 heteroatoms. The van der Waals surface area contributed by atoms with Gasteiger partial charge in [0.05, 0.1) is 7.11 Å². The summed E-state index contributed by atoms with van der Waals surface area (Å²) in [5.41, 5.74) is 3.84. The number of nitrogens with one attached hydrogen (secondary N) is 1. The summed E-state index contributed by atoms with van der Waals surface area (Å²) in [6.07, 6.45) is 1.71. The van der Waals surface area contributed by atoms with Crippen LogP contribution >= 0.6 is 0 Å². The molecule has 0 unspecified atom stereocenters. The maximum absolute atomic E-state index is 11.9. The number of likely N-dealkylation sites (N-methyl/N-ethyl adjacent to an activating group) is 1. The first-order valence-corrected chi connectivity index (χ1v) is 7.98. The summed E-state index contributed by atoms with van der Waals surface area (Å²) in [7, 11) is 3.68. The van der Waals surface area contributed by atoms with Crippen molar-refractivity contribution < 1.29 is 14.3 Å². The van der Waals surface area contributed by atoms with Gasteiger partial charge in [-0.1, -0.05) is 12.1 Å². The summed E-state index contributed by atoms with van der Waals surface area (Å²) >= 11 is 0. The molecule has 1 saturated heterocycles. The number of nitrogens with zero attached hydrogens (tertiary/aromatic N) is 2. The van der Waals surface area contributed by atoms with E-state index in [-0.39, 0.29) is 12.2 Å². The number of methoxy groups -OCH3 is 1. The van der Waals surface area contributed by atoms with Crippen LogP contribution in [0.2, 0.25) is 0 Å². The zero-order valence-electron chi connectivity index (χ0n) is 13.9. The number of Topliss-reactive ketones (excluding diaryl/α,β-unsaturated/α-hetero) is 1. The highest BCUT2D eigenvalue weighted by Crippen LogP contribution is 2.13. The molecule has 0 atom stereocenters. The molecule has 126 valence electrons. The van der Waals surface area contributed by atoms with E-state index in [2.05, 4.69) is 10.3 Å². The van der Waals surface area contributed by atoms with Crippen LogP contribution in [0.25, 0.3) is 0 Å². The van der Waals surface area contributed by atoms with Crippen LogP contribution in [0.3, 0.4) is 0 Å². The van der Waals surface area contributed by atoms with Gasteiger partial charge in [-0.3, -0.25) is 15.0 Å². The third-order valence-corrected chi connectivity index (χ3v) is 4.04. The van der Waals surface area contributed by atoms with E-state index in [1.807, 2.05) is 36.3 Å². The lowest BCUT2D eigenvalue weighted by Gasteiger charge is -2.32. The molecule has 23 heavy (non-hydrogen) atoms. The Morgan fingerprint density at radius 3 is 2.39 bits per heavy atom. The summed E-state index contributed by atoms with van der Waals surface area (Å²) in [6, 6.07) is 7.76. The van der Waals surface area contributed by atoms with Crippen molar-refractivity contribution in [3.05, 3.63) is 29.8 Å². The molecule has 1 heterocycles. The second-order valence-electron chi connectivity index (χ2n) is 5.86. The Hall–Kier alpha value is -1.92. The van der Waals surface area contributed by atoms with Gasteiger partial charge >= 0.3 is 5.91 Å². The molecular weight excluding hydrogens is 294 g/mol. The fraction of sp³-hybridized carbons (Fsp3) is 0.529. The van der Waals surface area contributed by atoms with E-state index in [9.17, 15) is 9.59 Å². The molecule has 1 N–H and O–H groups in total. The number of hydrogen-bond donors (Lipinski definition) is 1. The molecule has 1 fully saturated rings. The van der Waals surface area contributed by atoms with Crippen molar-refractivity contribution in [3.63, 3.8) is 0 Å². The fourth-order valence-corrected chi connectivity index (χ4v) is 2.48. The summed E-state index contributed by atoms with van der Waals surface area (Å²) in [5, 5.41) is 1.82. The van der Waals surface area contributed by atoms with Crippen LogP contribution in [0, 0.1) is 0 Å². The number of hydrogen-bond acceptors (Lipinski definition) is 5. The van der Waals surface area contributed by atoms with E-state index >= 15 is 0 Å². The van der Waals surface area contributed by atoms with Gasteiger partial charge in [-0.25, -0.2) is 5.01 Å². The predicted octanol–water partition coefficient (Wildman–Crippen LogP) is 0.866. The Labute approximate surface area is 137 Å². The minimum Gasteiger partial charge on any atom is -0.497 e. The summed E-state index contributed by atoms with van der Waals surface area (Å²) < 4.78 is 5.11. The second-order valence-corrected chi connectivity index (χ2v) is 5.86. The molecule has 0 bridgehead atoms. The summed E-state index contributed by atoms with van der Waals surface area (Å²) in [4.78, 5) is 26.0. The zero-order chi connectivity index (χ0) is 16.7. The van der Waals surface area contributed by atoms with Crippen molar-refractivity contribution in [2.45, 2.75) is 19.3 Å². The van der Waals surface area contributed by atoms with E-state index < -0.39 is 5.91 Å². The minimum atomic E-state index is -0.496. The average molecular weight is 319 g/mol. The van der Waals surface area contributed by atoms with Crippen LogP contribution in [-0.4, -0.2) is 61.9 Å². The van der Waals surface area contributed by atoms with Crippen molar-refractivity contribution >= 4 is 11.7 Å². The maximum Gasteiger partial charge on any atom is 0.301 e. The normalized spacial score (nSPS) is 16.1. The number of hydrazine groups is 1. The van der Waals surface area contributed by atoms with E-state index in [1.54, 1.807) is 7.11 Å². The van der Waals surface area contributed by atoms with Crippen molar-refractivity contribution in [1.29, 1.82) is 0 Å². The van der Waals surface area contributed by atoms with Gasteiger partial charge in [0.2, 0.25) is 5.78 Å². The van der Waals surface area contributed by atoms with E-state index in [0.717, 1.165) is 43.9 Å². The van der Waals surface area contributed by atoms with Crippen LogP contribution in [-0.2, 0) is 16.0 Å². The molecule has 0 saturated carbocycles. The number of aryl methyl sites for hydroxylation is 1. The van der Waals surface area contributed by atoms with Gasteiger partial charge in [-0.15, -0.1) is 0 Å². The molecule has 1 aromatic carbocycles. The van der Waals surface area contributed by atoms with Crippen molar-refractivity contribution in [3.8, 4) is 5.75 Å². The summed E-state index contributed by atoms with van der Waals surface area (Å²) in [5.74, 6) is -0.0295. The largest absolute Gasteiger partial charge is 0.497 e. The smallest absolute Gasteiger partial charge is 0.301 e. The zero-order valence-corrected chi connectivity index (χ0v) is 13.9. The van der Waals surface area contributed by atoms with E-state index in [0.29, 0.717) is 6.42 Å². The Balaban J connectivity index is 1.68. The average Bonchev–Trinajstić information content (AvgIpc) is 2.57. The molecule has 1 amide bonds. The van der Waals surface area contributed by atoms with Crippen LogP contribution in [0.1, 0.15) is 18.4 Å². The van der Waals surface area contributed by atoms with Gasteiger partial charge in [-0.05, 0) is 37.6 Å². The Morgan fingerprint density at radius 2 is 1.78 bits per heavy atom. The highest BCUT2D eigenvalue weighted by molar-refractivity contribution is 6.35. The third kappa shape index (κ3) is 5.65. The minimum absolute atomic E-state index is 0.269. The number of rotatable bonds is 7. The van der Waals surface area contributed by atoms with Gasteiger partial charge < -0.3 is 9.64 Å². The highest BCUT2D eigenvalue weighted by atomic mass is 16.5. The number of amides is 1. The van der Waals surface area contributed by atoms with E-state index in [1.165, 1.54) is 0 Å². The number of carbonyl (C=O) groups excluding carboxylic acids is 2.